The van der Waals surface area contributed by atoms with E-state index in [2.05, 4.69) is 33.8 Å². The Labute approximate surface area is 172 Å². The maximum Gasteiger partial charge on any atom is 1.00 e. The largest absolute Gasteiger partial charge is 1.00 e. The summed E-state index contributed by atoms with van der Waals surface area (Å²) in [6, 6.07) is 10.1. The van der Waals surface area contributed by atoms with Crippen molar-refractivity contribution in [3.05, 3.63) is 58.1 Å². The Balaban J connectivity index is 0.00000338. The van der Waals surface area contributed by atoms with Gasteiger partial charge in [-0.1, -0.05) is 38.0 Å². The average Bonchev–Trinajstić information content (AvgIpc) is 2.58. The van der Waals surface area contributed by atoms with E-state index in [9.17, 15) is 4.79 Å². The molecule has 0 fully saturated rings. The van der Waals surface area contributed by atoms with Gasteiger partial charge in [-0.2, -0.15) is 0 Å². The molecule has 2 aromatic carbocycles. The van der Waals surface area contributed by atoms with Gasteiger partial charge in [-0.15, -0.1) is 0 Å². The standard InChI is InChI=1S/C22H29O2P.Li/c1-6-7-8-13-24-19-9-11-20(12-10-19)25-22(23)21-16(3)14-15(2)17(4)18(21)5;/h9-12,14,25H,6-8,13H2,1-5H3;/q;+1. The van der Waals surface area contributed by atoms with Crippen LogP contribution in [0.2, 0.25) is 0 Å². The Hall–Kier alpha value is -1.06. The second-order valence-corrected chi connectivity index (χ2v) is 7.95. The van der Waals surface area contributed by atoms with E-state index in [0.717, 1.165) is 40.8 Å². The first-order valence-electron chi connectivity index (χ1n) is 9.05. The van der Waals surface area contributed by atoms with Crippen molar-refractivity contribution < 1.29 is 28.4 Å². The van der Waals surface area contributed by atoms with Crippen molar-refractivity contribution >= 4 is 19.4 Å². The first-order chi connectivity index (χ1) is 11.9. The molecule has 134 valence electrons. The second kappa shape index (κ2) is 10.9. The maximum absolute atomic E-state index is 12.8. The molecule has 0 aliphatic carbocycles. The summed E-state index contributed by atoms with van der Waals surface area (Å²) in [7, 11) is 0.146. The van der Waals surface area contributed by atoms with Gasteiger partial charge in [-0.25, -0.2) is 0 Å². The summed E-state index contributed by atoms with van der Waals surface area (Å²) in [5.74, 6) is 0.885. The predicted molar refractivity (Wildman–Crippen MR) is 109 cm³/mol. The monoisotopic (exact) mass is 363 g/mol. The van der Waals surface area contributed by atoms with Crippen LogP contribution in [0.5, 0.6) is 5.75 Å². The summed E-state index contributed by atoms with van der Waals surface area (Å²) in [6.07, 6.45) is 3.48. The molecule has 0 radical (unpaired) electrons. The SMILES string of the molecule is CCCCCOc1ccc(PC(=O)c2c(C)cc(C)c(C)c2C)cc1.[Li+]. The van der Waals surface area contributed by atoms with E-state index in [1.54, 1.807) is 0 Å². The van der Waals surface area contributed by atoms with E-state index in [-0.39, 0.29) is 33.0 Å². The van der Waals surface area contributed by atoms with Gasteiger partial charge in [-0.05, 0) is 82.4 Å². The summed E-state index contributed by atoms with van der Waals surface area (Å²) in [5, 5.41) is 1.06. The third-order valence-corrected chi connectivity index (χ3v) is 5.81. The van der Waals surface area contributed by atoms with Crippen molar-refractivity contribution in [1.82, 2.24) is 0 Å². The van der Waals surface area contributed by atoms with Crippen LogP contribution in [0.15, 0.2) is 30.3 Å². The number of carbonyl (C=O) groups is 1. The van der Waals surface area contributed by atoms with Gasteiger partial charge in [0, 0.05) is 5.56 Å². The van der Waals surface area contributed by atoms with Gasteiger partial charge < -0.3 is 4.74 Å². The number of unbranched alkanes of at least 4 members (excludes halogenated alkanes) is 2. The number of hydrogen-bond donors (Lipinski definition) is 0. The molecule has 0 saturated carbocycles. The molecule has 0 amide bonds. The molecule has 0 aliphatic heterocycles. The molecular formula is C22H29LiO2P+. The second-order valence-electron chi connectivity index (χ2n) is 6.67. The van der Waals surface area contributed by atoms with E-state index in [4.69, 9.17) is 4.74 Å². The molecule has 1 atom stereocenters. The molecule has 2 aromatic rings. The summed E-state index contributed by atoms with van der Waals surface area (Å²) in [6.45, 7) is 11.2. The van der Waals surface area contributed by atoms with Crippen LogP contribution in [0.1, 0.15) is 58.8 Å². The van der Waals surface area contributed by atoms with Gasteiger partial charge in [0.15, 0.2) is 5.52 Å². The van der Waals surface area contributed by atoms with Crippen LogP contribution in [-0.2, 0) is 0 Å². The van der Waals surface area contributed by atoms with Gasteiger partial charge in [0.05, 0.1) is 6.61 Å². The number of hydrogen-bond acceptors (Lipinski definition) is 2. The van der Waals surface area contributed by atoms with Gasteiger partial charge in [0.2, 0.25) is 0 Å². The number of rotatable bonds is 8. The zero-order valence-corrected chi connectivity index (χ0v) is 18.0. The molecule has 2 nitrogen and oxygen atoms in total. The van der Waals surface area contributed by atoms with Crippen molar-refractivity contribution in [1.29, 1.82) is 0 Å². The number of ether oxygens (including phenoxy) is 1. The molecule has 1 unspecified atom stereocenters. The Bertz CT molecular complexity index is 739. The predicted octanol–water partition coefficient (Wildman–Crippen LogP) is 2.64. The van der Waals surface area contributed by atoms with Gasteiger partial charge in [-0.3, -0.25) is 4.79 Å². The van der Waals surface area contributed by atoms with E-state index >= 15 is 0 Å². The number of carbonyl (C=O) groups excluding carboxylic acids is 1. The van der Waals surface area contributed by atoms with E-state index in [0.29, 0.717) is 0 Å². The first-order valence-corrected chi connectivity index (χ1v) is 10.1. The first kappa shape index (κ1) is 23.0. The fraction of sp³-hybridized carbons (Fsp3) is 0.409. The molecule has 0 N–H and O–H groups in total. The van der Waals surface area contributed by atoms with Crippen molar-refractivity contribution in [2.24, 2.45) is 0 Å². The van der Waals surface area contributed by atoms with Crippen molar-refractivity contribution in [3.63, 3.8) is 0 Å². The van der Waals surface area contributed by atoms with Crippen LogP contribution in [0.3, 0.4) is 0 Å². The minimum absolute atomic E-state index is 0. The maximum atomic E-state index is 12.8. The fourth-order valence-electron chi connectivity index (χ4n) is 3.00. The third kappa shape index (κ3) is 5.99. The summed E-state index contributed by atoms with van der Waals surface area (Å²) >= 11 is 0. The van der Waals surface area contributed by atoms with Crippen LogP contribution in [-0.4, -0.2) is 12.1 Å². The topological polar surface area (TPSA) is 26.3 Å². The molecule has 0 aromatic heterocycles. The third-order valence-electron chi connectivity index (χ3n) is 4.71. The molecular weight excluding hydrogens is 334 g/mol. The molecule has 0 bridgehead atoms. The average molecular weight is 363 g/mol. The Kier molecular flexibility index (Phi) is 9.66. The Morgan fingerprint density at radius 2 is 1.62 bits per heavy atom. The van der Waals surface area contributed by atoms with Crippen LogP contribution in [0.25, 0.3) is 0 Å². The Morgan fingerprint density at radius 1 is 0.962 bits per heavy atom. The fourth-order valence-corrected chi connectivity index (χ4v) is 4.11. The normalized spacial score (nSPS) is 10.8. The van der Waals surface area contributed by atoms with Gasteiger partial charge >= 0.3 is 18.9 Å². The smallest absolute Gasteiger partial charge is 0.494 e. The Morgan fingerprint density at radius 3 is 2.23 bits per heavy atom. The minimum atomic E-state index is 0. The minimum Gasteiger partial charge on any atom is -0.494 e. The molecule has 0 heterocycles. The molecule has 4 heteroatoms. The molecule has 2 rings (SSSR count). The molecule has 0 aliphatic rings. The quantitative estimate of drug-likeness (QED) is 0.410. The molecule has 0 saturated heterocycles. The zero-order valence-electron chi connectivity index (χ0n) is 17.0. The van der Waals surface area contributed by atoms with Crippen LogP contribution in [0.4, 0.5) is 0 Å². The summed E-state index contributed by atoms with van der Waals surface area (Å²) in [4.78, 5) is 12.8. The number of benzene rings is 2. The van der Waals surface area contributed by atoms with Crippen LogP contribution in [0, 0.1) is 27.7 Å². The molecule has 0 spiro atoms. The van der Waals surface area contributed by atoms with E-state index in [1.807, 2.05) is 31.2 Å². The number of aryl methyl sites for hydroxylation is 2. The van der Waals surface area contributed by atoms with E-state index < -0.39 is 0 Å². The van der Waals surface area contributed by atoms with Crippen molar-refractivity contribution in [2.75, 3.05) is 6.61 Å². The van der Waals surface area contributed by atoms with E-state index in [1.165, 1.54) is 24.0 Å². The van der Waals surface area contributed by atoms with Crippen molar-refractivity contribution in [3.8, 4) is 5.75 Å². The van der Waals surface area contributed by atoms with Crippen molar-refractivity contribution in [2.45, 2.75) is 53.9 Å². The zero-order chi connectivity index (χ0) is 18.4. The molecule has 26 heavy (non-hydrogen) atoms. The summed E-state index contributed by atoms with van der Waals surface area (Å²) in [5.41, 5.74) is 5.77. The summed E-state index contributed by atoms with van der Waals surface area (Å²) < 4.78 is 5.74. The van der Waals surface area contributed by atoms with Crippen LogP contribution < -0.4 is 28.9 Å². The van der Waals surface area contributed by atoms with Gasteiger partial charge in [0.1, 0.15) is 5.75 Å². The van der Waals surface area contributed by atoms with Gasteiger partial charge in [0.25, 0.3) is 0 Å². The van der Waals surface area contributed by atoms with Crippen LogP contribution >= 0.6 is 8.58 Å².